The minimum atomic E-state index is 0.137. The third-order valence-electron chi connectivity index (χ3n) is 2.87. The molecule has 0 saturated carbocycles. The van der Waals surface area contributed by atoms with Gasteiger partial charge in [0.2, 0.25) is 0 Å². The number of aryl methyl sites for hydroxylation is 1. The fraction of sp³-hybridized carbons (Fsp3) is 0.429. The lowest BCUT2D eigenvalue weighted by molar-refractivity contribution is 0.513. The van der Waals surface area contributed by atoms with Crippen LogP contribution in [0.5, 0.6) is 0 Å². The molecule has 2 rings (SSSR count). The quantitative estimate of drug-likeness (QED) is 0.783. The van der Waals surface area contributed by atoms with Crippen molar-refractivity contribution in [2.45, 2.75) is 39.2 Å². The molecule has 0 aromatic carbocycles. The van der Waals surface area contributed by atoms with Crippen molar-refractivity contribution >= 4 is 23.6 Å². The lowest BCUT2D eigenvalue weighted by Gasteiger charge is -2.21. The van der Waals surface area contributed by atoms with Crippen LogP contribution in [0.4, 0.5) is 0 Å². The average Bonchev–Trinajstić information content (AvgIpc) is 2.69. The Bertz CT molecular complexity index is 561. The second kappa shape index (κ2) is 5.33. The Hall–Kier alpha value is -1.00. The Morgan fingerprint density at radius 1 is 1.33 bits per heavy atom. The molecule has 0 unspecified atom stereocenters. The molecule has 2 nitrogen and oxygen atoms in total. The highest BCUT2D eigenvalue weighted by Gasteiger charge is 2.19. The molecule has 0 radical (unpaired) electrons. The van der Waals surface area contributed by atoms with E-state index in [4.69, 9.17) is 12.2 Å². The number of rotatable bonds is 3. The summed E-state index contributed by atoms with van der Waals surface area (Å²) in [4.78, 5) is 4.36. The van der Waals surface area contributed by atoms with Crippen molar-refractivity contribution in [3.8, 4) is 0 Å². The Labute approximate surface area is 117 Å². The van der Waals surface area contributed by atoms with E-state index in [1.807, 2.05) is 18.3 Å². The van der Waals surface area contributed by atoms with Gasteiger partial charge in [0.05, 0.1) is 0 Å². The molecule has 96 valence electrons. The molecule has 2 aromatic rings. The highest BCUT2D eigenvalue weighted by Crippen LogP contribution is 2.26. The van der Waals surface area contributed by atoms with Crippen LogP contribution in [0, 0.1) is 3.95 Å². The van der Waals surface area contributed by atoms with Gasteiger partial charge in [-0.2, -0.15) is 0 Å². The summed E-state index contributed by atoms with van der Waals surface area (Å²) in [5.41, 5.74) is 2.57. The van der Waals surface area contributed by atoms with Gasteiger partial charge < -0.3 is 4.57 Å². The summed E-state index contributed by atoms with van der Waals surface area (Å²) in [6.07, 6.45) is 2.77. The second-order valence-electron chi connectivity index (χ2n) is 5.36. The number of aromatic nitrogens is 2. The third kappa shape index (κ3) is 3.06. The molecule has 0 aliphatic rings. The van der Waals surface area contributed by atoms with Gasteiger partial charge in [-0.15, -0.1) is 11.3 Å². The zero-order valence-corrected chi connectivity index (χ0v) is 12.6. The van der Waals surface area contributed by atoms with E-state index in [2.05, 4.69) is 41.8 Å². The van der Waals surface area contributed by atoms with Gasteiger partial charge in [-0.1, -0.05) is 26.8 Å². The third-order valence-corrected chi connectivity index (χ3v) is 4.14. The van der Waals surface area contributed by atoms with Crippen LogP contribution in [0.1, 0.15) is 32.2 Å². The predicted octanol–water partition coefficient (Wildman–Crippen LogP) is 4.21. The van der Waals surface area contributed by atoms with Crippen LogP contribution in [0.3, 0.4) is 0 Å². The van der Waals surface area contributed by atoms with E-state index < -0.39 is 0 Å². The standard InChI is InChI=1S/C14H18N2S2/c1-14(2,3)12-10-18-13(17)16(12)9-7-11-6-4-5-8-15-11/h4-6,8,10H,7,9H2,1-3H3. The maximum Gasteiger partial charge on any atom is 0.161 e. The lowest BCUT2D eigenvalue weighted by atomic mass is 9.93. The van der Waals surface area contributed by atoms with E-state index in [1.54, 1.807) is 11.3 Å². The lowest BCUT2D eigenvalue weighted by Crippen LogP contribution is -2.18. The minimum absolute atomic E-state index is 0.137. The van der Waals surface area contributed by atoms with E-state index >= 15 is 0 Å². The van der Waals surface area contributed by atoms with Crippen molar-refractivity contribution in [2.24, 2.45) is 0 Å². The summed E-state index contributed by atoms with van der Waals surface area (Å²) in [5, 5.41) is 2.18. The van der Waals surface area contributed by atoms with Gasteiger partial charge in [0, 0.05) is 41.3 Å². The second-order valence-corrected chi connectivity index (χ2v) is 6.86. The molecule has 18 heavy (non-hydrogen) atoms. The first-order valence-electron chi connectivity index (χ1n) is 6.07. The minimum Gasteiger partial charge on any atom is -0.326 e. The molecule has 0 aliphatic heterocycles. The van der Waals surface area contributed by atoms with Crippen molar-refractivity contribution in [1.82, 2.24) is 9.55 Å². The molecule has 0 atom stereocenters. The molecule has 0 N–H and O–H groups in total. The SMILES string of the molecule is CC(C)(C)c1csc(=S)n1CCc1ccccn1. The van der Waals surface area contributed by atoms with Crippen molar-refractivity contribution in [1.29, 1.82) is 0 Å². The normalized spacial score (nSPS) is 11.7. The van der Waals surface area contributed by atoms with Crippen molar-refractivity contribution in [2.75, 3.05) is 0 Å². The Morgan fingerprint density at radius 3 is 2.72 bits per heavy atom. The van der Waals surface area contributed by atoms with Gasteiger partial charge in [-0.25, -0.2) is 0 Å². The van der Waals surface area contributed by atoms with Crippen molar-refractivity contribution in [3.63, 3.8) is 0 Å². The maximum absolute atomic E-state index is 5.42. The molecule has 0 aliphatic carbocycles. The highest BCUT2D eigenvalue weighted by atomic mass is 32.1. The first kappa shape index (κ1) is 13.4. The fourth-order valence-electron chi connectivity index (χ4n) is 1.90. The molecule has 4 heteroatoms. The molecule has 0 spiro atoms. The fourth-order valence-corrected chi connectivity index (χ4v) is 3.24. The summed E-state index contributed by atoms with van der Waals surface area (Å²) in [5.74, 6) is 0. The molecule has 2 heterocycles. The highest BCUT2D eigenvalue weighted by molar-refractivity contribution is 7.73. The summed E-state index contributed by atoms with van der Waals surface area (Å²) < 4.78 is 3.20. The Balaban J connectivity index is 2.20. The van der Waals surface area contributed by atoms with Crippen LogP contribution in [-0.4, -0.2) is 9.55 Å². The van der Waals surface area contributed by atoms with Gasteiger partial charge in [-0.05, 0) is 24.4 Å². The monoisotopic (exact) mass is 278 g/mol. The smallest absolute Gasteiger partial charge is 0.161 e. The van der Waals surface area contributed by atoms with E-state index in [0.717, 1.165) is 22.6 Å². The van der Waals surface area contributed by atoms with Crippen LogP contribution in [-0.2, 0) is 18.4 Å². The number of pyridine rings is 1. The van der Waals surface area contributed by atoms with Gasteiger partial charge in [0.25, 0.3) is 0 Å². The molecular weight excluding hydrogens is 260 g/mol. The molecule has 2 aromatic heterocycles. The van der Waals surface area contributed by atoms with Crippen LogP contribution >= 0.6 is 23.6 Å². The zero-order chi connectivity index (χ0) is 13.2. The number of hydrogen-bond donors (Lipinski definition) is 0. The van der Waals surface area contributed by atoms with Crippen molar-refractivity contribution in [3.05, 3.63) is 45.1 Å². The van der Waals surface area contributed by atoms with Gasteiger partial charge in [0.1, 0.15) is 0 Å². The number of hydrogen-bond acceptors (Lipinski definition) is 3. The Morgan fingerprint density at radius 2 is 2.11 bits per heavy atom. The van der Waals surface area contributed by atoms with Crippen LogP contribution < -0.4 is 0 Å². The number of nitrogens with zero attached hydrogens (tertiary/aromatic N) is 2. The molecule has 0 saturated heterocycles. The topological polar surface area (TPSA) is 17.8 Å². The Kier molecular flexibility index (Phi) is 3.97. The van der Waals surface area contributed by atoms with E-state index in [-0.39, 0.29) is 5.41 Å². The van der Waals surface area contributed by atoms with Gasteiger partial charge in [0.15, 0.2) is 3.95 Å². The first-order chi connectivity index (χ1) is 8.48. The number of thiazole rings is 1. The van der Waals surface area contributed by atoms with Gasteiger partial charge >= 0.3 is 0 Å². The summed E-state index contributed by atoms with van der Waals surface area (Å²) >= 11 is 7.07. The van der Waals surface area contributed by atoms with Crippen LogP contribution in [0.15, 0.2) is 29.8 Å². The zero-order valence-electron chi connectivity index (χ0n) is 11.0. The largest absolute Gasteiger partial charge is 0.326 e. The average molecular weight is 278 g/mol. The summed E-state index contributed by atoms with van der Waals surface area (Å²) in [6, 6.07) is 6.03. The summed E-state index contributed by atoms with van der Waals surface area (Å²) in [7, 11) is 0. The van der Waals surface area contributed by atoms with Crippen LogP contribution in [0.2, 0.25) is 0 Å². The van der Waals surface area contributed by atoms with Crippen molar-refractivity contribution < 1.29 is 0 Å². The predicted molar refractivity (Wildman–Crippen MR) is 79.8 cm³/mol. The summed E-state index contributed by atoms with van der Waals surface area (Å²) in [6.45, 7) is 7.58. The maximum atomic E-state index is 5.42. The van der Waals surface area contributed by atoms with E-state index in [0.29, 0.717) is 0 Å². The molecule has 0 bridgehead atoms. The van der Waals surface area contributed by atoms with Crippen LogP contribution in [0.25, 0.3) is 0 Å². The van der Waals surface area contributed by atoms with E-state index in [1.165, 1.54) is 5.69 Å². The molecule has 0 fully saturated rings. The first-order valence-corrected chi connectivity index (χ1v) is 7.36. The van der Waals surface area contributed by atoms with Gasteiger partial charge in [-0.3, -0.25) is 4.98 Å². The molecule has 0 amide bonds. The van der Waals surface area contributed by atoms with E-state index in [9.17, 15) is 0 Å². The molecular formula is C14H18N2S2.